The standard InChI is InChI=1S/C23H19N5O3S2/c24-21(30)15-6-8-16(9-7-15)25-20(29)14-32-23-28-27-22(33-23)26-17-10-12-19(13-11-17)31-18-4-2-1-3-5-18/h1-13H,14H2,(H2,24,30)(H,25,29)(H,26,27). The van der Waals surface area contributed by atoms with Crippen LogP contribution in [0.25, 0.3) is 0 Å². The number of nitrogens with two attached hydrogens (primary N) is 1. The van der Waals surface area contributed by atoms with Crippen LogP contribution >= 0.6 is 23.1 Å². The lowest BCUT2D eigenvalue weighted by Gasteiger charge is -2.07. The summed E-state index contributed by atoms with van der Waals surface area (Å²) in [6.07, 6.45) is 0. The van der Waals surface area contributed by atoms with Gasteiger partial charge in [0, 0.05) is 16.9 Å². The van der Waals surface area contributed by atoms with E-state index in [0.29, 0.717) is 20.7 Å². The molecule has 1 heterocycles. The van der Waals surface area contributed by atoms with Gasteiger partial charge in [-0.05, 0) is 60.7 Å². The van der Waals surface area contributed by atoms with E-state index < -0.39 is 5.91 Å². The summed E-state index contributed by atoms with van der Waals surface area (Å²) in [7, 11) is 0. The smallest absolute Gasteiger partial charge is 0.248 e. The number of nitrogens with one attached hydrogen (secondary N) is 2. The molecule has 0 spiro atoms. The molecule has 10 heteroatoms. The predicted molar refractivity (Wildman–Crippen MR) is 130 cm³/mol. The van der Waals surface area contributed by atoms with E-state index >= 15 is 0 Å². The minimum absolute atomic E-state index is 0.178. The Labute approximate surface area is 198 Å². The van der Waals surface area contributed by atoms with E-state index in [1.807, 2.05) is 54.6 Å². The predicted octanol–water partition coefficient (Wildman–Crippen LogP) is 4.90. The maximum absolute atomic E-state index is 12.2. The normalized spacial score (nSPS) is 10.4. The van der Waals surface area contributed by atoms with Crippen LogP contribution in [0.5, 0.6) is 11.5 Å². The molecule has 33 heavy (non-hydrogen) atoms. The number of aromatic nitrogens is 2. The Morgan fingerprint density at radius 1 is 0.879 bits per heavy atom. The van der Waals surface area contributed by atoms with Crippen molar-refractivity contribution in [1.29, 1.82) is 0 Å². The largest absolute Gasteiger partial charge is 0.457 e. The molecule has 2 amide bonds. The lowest BCUT2D eigenvalue weighted by Crippen LogP contribution is -2.14. The summed E-state index contributed by atoms with van der Waals surface area (Å²) < 4.78 is 6.45. The SMILES string of the molecule is NC(=O)c1ccc(NC(=O)CSc2nnc(Nc3ccc(Oc4ccccc4)cc3)s2)cc1. The molecule has 166 valence electrons. The first kappa shape index (κ1) is 22.3. The topological polar surface area (TPSA) is 119 Å². The van der Waals surface area contributed by atoms with Crippen LogP contribution in [0.15, 0.2) is 83.2 Å². The molecule has 0 aliphatic heterocycles. The van der Waals surface area contributed by atoms with E-state index in [2.05, 4.69) is 20.8 Å². The Morgan fingerprint density at radius 3 is 2.24 bits per heavy atom. The van der Waals surface area contributed by atoms with Crippen molar-refractivity contribution in [1.82, 2.24) is 10.2 Å². The Balaban J connectivity index is 1.25. The zero-order chi connectivity index (χ0) is 23.0. The second-order valence-electron chi connectivity index (χ2n) is 6.72. The number of anilines is 3. The average Bonchev–Trinajstić information content (AvgIpc) is 3.27. The van der Waals surface area contributed by atoms with Gasteiger partial charge in [-0.15, -0.1) is 10.2 Å². The Kier molecular flexibility index (Phi) is 7.18. The molecule has 0 unspecified atom stereocenters. The van der Waals surface area contributed by atoms with Crippen LogP contribution < -0.4 is 21.1 Å². The van der Waals surface area contributed by atoms with Crippen molar-refractivity contribution in [2.45, 2.75) is 4.34 Å². The van der Waals surface area contributed by atoms with Crippen LogP contribution in [0.4, 0.5) is 16.5 Å². The highest BCUT2D eigenvalue weighted by atomic mass is 32.2. The summed E-state index contributed by atoms with van der Waals surface area (Å²) >= 11 is 2.64. The molecule has 0 bridgehead atoms. The number of hydrogen-bond donors (Lipinski definition) is 3. The van der Waals surface area contributed by atoms with Crippen LogP contribution in [0.1, 0.15) is 10.4 Å². The van der Waals surface area contributed by atoms with Crippen molar-refractivity contribution in [3.05, 3.63) is 84.4 Å². The fraction of sp³-hybridized carbons (Fsp3) is 0.0435. The third-order valence-corrected chi connectivity index (χ3v) is 6.24. The average molecular weight is 478 g/mol. The molecule has 3 aromatic carbocycles. The number of thioether (sulfide) groups is 1. The molecule has 4 N–H and O–H groups in total. The van der Waals surface area contributed by atoms with Crippen LogP contribution in [-0.2, 0) is 4.79 Å². The van der Waals surface area contributed by atoms with Crippen molar-refractivity contribution in [3.8, 4) is 11.5 Å². The van der Waals surface area contributed by atoms with Crippen LogP contribution in [0, 0.1) is 0 Å². The minimum atomic E-state index is -0.513. The highest BCUT2D eigenvalue weighted by Crippen LogP contribution is 2.29. The molecular weight excluding hydrogens is 458 g/mol. The molecule has 4 rings (SSSR count). The second-order valence-corrected chi connectivity index (χ2v) is 8.92. The van der Waals surface area contributed by atoms with E-state index in [1.165, 1.54) is 23.1 Å². The minimum Gasteiger partial charge on any atom is -0.457 e. The number of rotatable bonds is 9. The maximum atomic E-state index is 12.2. The van der Waals surface area contributed by atoms with E-state index in [4.69, 9.17) is 10.5 Å². The Morgan fingerprint density at radius 2 is 1.55 bits per heavy atom. The van der Waals surface area contributed by atoms with Gasteiger partial charge in [0.05, 0.1) is 5.75 Å². The third-order valence-electron chi connectivity index (χ3n) is 4.27. The first-order valence-electron chi connectivity index (χ1n) is 9.81. The van der Waals surface area contributed by atoms with E-state index in [0.717, 1.165) is 17.2 Å². The van der Waals surface area contributed by atoms with Crippen molar-refractivity contribution in [2.75, 3.05) is 16.4 Å². The number of amides is 2. The van der Waals surface area contributed by atoms with Crippen molar-refractivity contribution in [3.63, 3.8) is 0 Å². The Bertz CT molecular complexity index is 1230. The fourth-order valence-corrected chi connectivity index (χ4v) is 4.29. The second kappa shape index (κ2) is 10.6. The summed E-state index contributed by atoms with van der Waals surface area (Å²) in [5.74, 6) is 0.981. The monoisotopic (exact) mass is 477 g/mol. The van der Waals surface area contributed by atoms with Crippen LogP contribution in [0.3, 0.4) is 0 Å². The molecule has 0 fully saturated rings. The lowest BCUT2D eigenvalue weighted by molar-refractivity contribution is -0.113. The Hall–Kier alpha value is -3.89. The number of hydrogen-bond acceptors (Lipinski definition) is 8. The number of benzene rings is 3. The summed E-state index contributed by atoms with van der Waals surface area (Å²) in [5, 5.41) is 14.8. The third kappa shape index (κ3) is 6.55. The molecule has 0 saturated heterocycles. The molecule has 1 aromatic heterocycles. The lowest BCUT2D eigenvalue weighted by atomic mass is 10.2. The number of para-hydroxylation sites is 1. The molecule has 0 atom stereocenters. The van der Waals surface area contributed by atoms with Gasteiger partial charge in [0.2, 0.25) is 16.9 Å². The molecular formula is C23H19N5O3S2. The molecule has 4 aromatic rings. The number of carbonyl (C=O) groups excluding carboxylic acids is 2. The van der Waals surface area contributed by atoms with Gasteiger partial charge >= 0.3 is 0 Å². The number of ether oxygens (including phenoxy) is 1. The molecule has 8 nitrogen and oxygen atoms in total. The maximum Gasteiger partial charge on any atom is 0.248 e. The van der Waals surface area contributed by atoms with E-state index in [9.17, 15) is 9.59 Å². The van der Waals surface area contributed by atoms with Crippen LogP contribution in [-0.4, -0.2) is 27.8 Å². The summed E-state index contributed by atoms with van der Waals surface area (Å²) in [6.45, 7) is 0. The number of carbonyl (C=O) groups is 2. The quantitative estimate of drug-likeness (QED) is 0.293. The fourth-order valence-electron chi connectivity index (χ4n) is 2.72. The van der Waals surface area contributed by atoms with Gasteiger partial charge in [-0.1, -0.05) is 41.3 Å². The molecule has 0 aliphatic rings. The van der Waals surface area contributed by atoms with Crippen molar-refractivity contribution < 1.29 is 14.3 Å². The first-order valence-corrected chi connectivity index (χ1v) is 11.6. The van der Waals surface area contributed by atoms with E-state index in [-0.39, 0.29) is 11.7 Å². The molecule has 0 radical (unpaired) electrons. The summed E-state index contributed by atoms with van der Waals surface area (Å²) in [4.78, 5) is 23.3. The van der Waals surface area contributed by atoms with Crippen LogP contribution in [0.2, 0.25) is 0 Å². The summed E-state index contributed by atoms with van der Waals surface area (Å²) in [5.41, 5.74) is 7.03. The van der Waals surface area contributed by atoms with Crippen molar-refractivity contribution in [2.24, 2.45) is 5.73 Å². The van der Waals surface area contributed by atoms with Gasteiger partial charge < -0.3 is 21.1 Å². The highest BCUT2D eigenvalue weighted by Gasteiger charge is 2.10. The van der Waals surface area contributed by atoms with Gasteiger partial charge in [-0.2, -0.15) is 0 Å². The first-order chi connectivity index (χ1) is 16.0. The summed E-state index contributed by atoms with van der Waals surface area (Å²) in [6, 6.07) is 23.5. The number of primary amides is 1. The zero-order valence-corrected chi connectivity index (χ0v) is 18.9. The zero-order valence-electron chi connectivity index (χ0n) is 17.2. The van der Waals surface area contributed by atoms with Gasteiger partial charge in [-0.3, -0.25) is 9.59 Å². The molecule has 0 saturated carbocycles. The highest BCUT2D eigenvalue weighted by molar-refractivity contribution is 8.01. The van der Waals surface area contributed by atoms with Gasteiger partial charge in [0.25, 0.3) is 0 Å². The molecule has 0 aliphatic carbocycles. The van der Waals surface area contributed by atoms with E-state index in [1.54, 1.807) is 24.3 Å². The van der Waals surface area contributed by atoms with Gasteiger partial charge in [0.15, 0.2) is 4.34 Å². The van der Waals surface area contributed by atoms with Gasteiger partial charge in [0.1, 0.15) is 11.5 Å². The van der Waals surface area contributed by atoms with Crippen molar-refractivity contribution >= 4 is 51.4 Å². The number of nitrogens with zero attached hydrogens (tertiary/aromatic N) is 2. The van der Waals surface area contributed by atoms with Gasteiger partial charge in [-0.25, -0.2) is 0 Å².